The van der Waals surface area contributed by atoms with Crippen molar-refractivity contribution in [1.82, 2.24) is 27.4 Å². The minimum Gasteiger partial charge on any atom is -0.309 e. The van der Waals surface area contributed by atoms with Gasteiger partial charge in [-0.2, -0.15) is 0 Å². The molecule has 1 aliphatic rings. The molecule has 0 N–H and O–H groups in total. The molecule has 0 amide bonds. The molecular weight excluding hydrogens is 1270 g/mol. The maximum Gasteiger partial charge on any atom is 0.0548 e. The molecule has 6 aromatic heterocycles. The SMILES string of the molecule is CC1(C)c2ccccc2-c2ccc(-n3c4ccccc4c4cc(-n5c6ccccc6c6cc7c(cc65)c5ccccc5n7-c5ccccc5)ccc43)cc21.c1ccc(-c2ccc(-n3c4ccccc4c4cc(-n5c6ccccc6c6cc7c(cc65)c5ccccc5n7-c5ccccc5)ccc43)cc2)cc1. The van der Waals surface area contributed by atoms with Crippen LogP contribution in [0.5, 0.6) is 0 Å². The van der Waals surface area contributed by atoms with E-state index in [4.69, 9.17) is 0 Å². The van der Waals surface area contributed by atoms with Crippen LogP contribution in [0.4, 0.5) is 0 Å². The molecule has 6 nitrogen and oxygen atoms in total. The van der Waals surface area contributed by atoms with Crippen molar-refractivity contribution in [2.75, 3.05) is 0 Å². The Morgan fingerprint density at radius 1 is 0.162 bits per heavy atom. The van der Waals surface area contributed by atoms with Crippen LogP contribution in [0.1, 0.15) is 25.0 Å². The molecule has 23 rings (SSSR count). The highest BCUT2D eigenvalue weighted by Crippen LogP contribution is 2.51. The number of aromatic nitrogens is 6. The van der Waals surface area contributed by atoms with Gasteiger partial charge in [-0.05, 0) is 179 Å². The van der Waals surface area contributed by atoms with E-state index in [0.717, 1.165) is 17.1 Å². The summed E-state index contributed by atoms with van der Waals surface area (Å²) in [5.74, 6) is 0. The molecule has 0 radical (unpaired) electrons. The fraction of sp³-hybridized carbons (Fsp3) is 0.0303. The number of hydrogen-bond acceptors (Lipinski definition) is 0. The molecule has 0 saturated heterocycles. The monoisotopic (exact) mass is 1340 g/mol. The van der Waals surface area contributed by atoms with Gasteiger partial charge in [0.2, 0.25) is 0 Å². The molecule has 1 aliphatic carbocycles. The van der Waals surface area contributed by atoms with Crippen LogP contribution in [0, 0.1) is 0 Å². The van der Waals surface area contributed by atoms with Crippen LogP contribution >= 0.6 is 0 Å². The summed E-state index contributed by atoms with van der Waals surface area (Å²) >= 11 is 0. The van der Waals surface area contributed by atoms with Crippen LogP contribution < -0.4 is 0 Å². The summed E-state index contributed by atoms with van der Waals surface area (Å²) in [6.45, 7) is 4.72. The van der Waals surface area contributed by atoms with Crippen molar-refractivity contribution in [2.45, 2.75) is 19.3 Å². The molecule has 22 aromatic rings. The Morgan fingerprint density at radius 3 is 0.829 bits per heavy atom. The molecule has 492 valence electrons. The third-order valence-corrected chi connectivity index (χ3v) is 22.8. The molecule has 6 heteroatoms. The highest BCUT2D eigenvalue weighted by Gasteiger charge is 2.36. The molecule has 105 heavy (non-hydrogen) atoms. The smallest absolute Gasteiger partial charge is 0.0548 e. The van der Waals surface area contributed by atoms with Crippen LogP contribution in [0.2, 0.25) is 0 Å². The van der Waals surface area contributed by atoms with Crippen LogP contribution in [0.25, 0.3) is 187 Å². The topological polar surface area (TPSA) is 29.6 Å². The van der Waals surface area contributed by atoms with Crippen LogP contribution in [-0.2, 0) is 5.41 Å². The first kappa shape index (κ1) is 59.0. The van der Waals surface area contributed by atoms with Gasteiger partial charge in [-0.25, -0.2) is 0 Å². The Hall–Kier alpha value is -13.7. The molecule has 0 spiro atoms. The molecule has 0 saturated carbocycles. The van der Waals surface area contributed by atoms with Crippen molar-refractivity contribution in [3.63, 3.8) is 0 Å². The normalized spacial score (nSPS) is 12.7. The maximum absolute atomic E-state index is 2.47. The number of rotatable bonds is 7. The van der Waals surface area contributed by atoms with Gasteiger partial charge in [0, 0.05) is 104 Å². The summed E-state index contributed by atoms with van der Waals surface area (Å²) in [5.41, 5.74) is 29.4. The summed E-state index contributed by atoms with van der Waals surface area (Å²) in [4.78, 5) is 0. The predicted octanol–water partition coefficient (Wildman–Crippen LogP) is 25.9. The second-order valence-electron chi connectivity index (χ2n) is 28.8. The van der Waals surface area contributed by atoms with Crippen molar-refractivity contribution in [3.8, 4) is 56.4 Å². The minimum absolute atomic E-state index is 0.0663. The third-order valence-electron chi connectivity index (χ3n) is 22.8. The summed E-state index contributed by atoms with van der Waals surface area (Å²) in [7, 11) is 0. The molecule has 0 aliphatic heterocycles. The van der Waals surface area contributed by atoms with Gasteiger partial charge in [0.1, 0.15) is 0 Å². The van der Waals surface area contributed by atoms with Crippen LogP contribution in [0.15, 0.2) is 364 Å². The number of hydrogen-bond donors (Lipinski definition) is 0. The lowest BCUT2D eigenvalue weighted by Gasteiger charge is -2.22. The fourth-order valence-corrected chi connectivity index (χ4v) is 18.1. The van der Waals surface area contributed by atoms with Crippen molar-refractivity contribution in [1.29, 1.82) is 0 Å². The average molecular weight is 1340 g/mol. The van der Waals surface area contributed by atoms with Gasteiger partial charge in [-0.3, -0.25) is 0 Å². The second kappa shape index (κ2) is 22.7. The van der Waals surface area contributed by atoms with Gasteiger partial charge in [0.15, 0.2) is 0 Å². The molecule has 16 aromatic carbocycles. The van der Waals surface area contributed by atoms with E-state index in [9.17, 15) is 0 Å². The molecule has 0 atom stereocenters. The van der Waals surface area contributed by atoms with Gasteiger partial charge in [0.25, 0.3) is 0 Å². The molecular formula is C99H66N6. The Bertz CT molecular complexity index is 7340. The zero-order valence-corrected chi connectivity index (χ0v) is 57.8. The first-order valence-electron chi connectivity index (χ1n) is 36.4. The fourth-order valence-electron chi connectivity index (χ4n) is 18.1. The third kappa shape index (κ3) is 8.72. The van der Waals surface area contributed by atoms with E-state index in [-0.39, 0.29) is 5.41 Å². The van der Waals surface area contributed by atoms with E-state index in [1.165, 1.54) is 181 Å². The summed E-state index contributed by atoms with van der Waals surface area (Å²) in [6, 6.07) is 134. The quantitative estimate of drug-likeness (QED) is 0.152. The lowest BCUT2D eigenvalue weighted by atomic mass is 9.82. The van der Waals surface area contributed by atoms with E-state index in [2.05, 4.69) is 405 Å². The Balaban J connectivity index is 0.000000132. The molecule has 0 fully saturated rings. The first-order valence-corrected chi connectivity index (χ1v) is 36.4. The zero-order valence-electron chi connectivity index (χ0n) is 57.8. The highest BCUT2D eigenvalue weighted by molar-refractivity contribution is 6.22. The lowest BCUT2D eigenvalue weighted by Crippen LogP contribution is -2.15. The average Bonchev–Trinajstić information content (AvgIpc) is 1.56. The van der Waals surface area contributed by atoms with E-state index < -0.39 is 0 Å². The largest absolute Gasteiger partial charge is 0.309 e. The molecule has 6 heterocycles. The summed E-state index contributed by atoms with van der Waals surface area (Å²) < 4.78 is 14.6. The van der Waals surface area contributed by atoms with E-state index in [1.54, 1.807) is 0 Å². The Morgan fingerprint density at radius 2 is 0.419 bits per heavy atom. The first-order chi connectivity index (χ1) is 51.9. The predicted molar refractivity (Wildman–Crippen MR) is 442 cm³/mol. The standard InChI is InChI=1S/C51H35N3.C48H31N3/c1-51(2)43-20-10-6-16-35(43)36-26-24-34(29-44(36)51)53-46-22-12-7-17-37(46)40-28-33(25-27-48(40)53)54-47-23-13-9-19-39(47)42-30-49-41(31-50(42)54)38-18-8-11-21-45(38)52(49)32-14-4-3-5-15-32;1-3-13-32(14-4-1)33-23-25-35(26-24-33)49-43-20-10-7-17-37(43)40-29-36(27-28-46(40)49)51-45-22-12-9-19-39(45)42-30-47-41(31-48(42)51)38-18-8-11-21-44(38)50(47)34-15-5-2-6-16-34/h3-31H,1-2H3;1-31H. The van der Waals surface area contributed by atoms with E-state index in [0.29, 0.717) is 0 Å². The number of benzene rings is 16. The number of fused-ring (bicyclic) bond motifs is 21. The lowest BCUT2D eigenvalue weighted by molar-refractivity contribution is 0.660. The minimum atomic E-state index is -0.0663. The molecule has 0 bridgehead atoms. The van der Waals surface area contributed by atoms with E-state index >= 15 is 0 Å². The van der Waals surface area contributed by atoms with Gasteiger partial charge < -0.3 is 27.4 Å². The van der Waals surface area contributed by atoms with Crippen LogP contribution in [-0.4, -0.2) is 27.4 Å². The number of para-hydroxylation sites is 8. The zero-order chi connectivity index (χ0) is 69.2. The van der Waals surface area contributed by atoms with Crippen molar-refractivity contribution >= 4 is 131 Å². The highest BCUT2D eigenvalue weighted by atomic mass is 15.0. The van der Waals surface area contributed by atoms with Gasteiger partial charge in [0.05, 0.1) is 66.2 Å². The van der Waals surface area contributed by atoms with Crippen molar-refractivity contribution < 1.29 is 0 Å². The summed E-state index contributed by atoms with van der Waals surface area (Å²) in [5, 5.41) is 15.0. The van der Waals surface area contributed by atoms with Crippen molar-refractivity contribution in [3.05, 3.63) is 375 Å². The van der Waals surface area contributed by atoms with Gasteiger partial charge >= 0.3 is 0 Å². The van der Waals surface area contributed by atoms with E-state index in [1.807, 2.05) is 0 Å². The van der Waals surface area contributed by atoms with Crippen LogP contribution in [0.3, 0.4) is 0 Å². The van der Waals surface area contributed by atoms with Gasteiger partial charge in [-0.15, -0.1) is 0 Å². The second-order valence-corrected chi connectivity index (χ2v) is 28.8. The Labute approximate surface area is 605 Å². The van der Waals surface area contributed by atoms with Crippen molar-refractivity contribution in [2.24, 2.45) is 0 Å². The maximum atomic E-state index is 2.47. The van der Waals surface area contributed by atoms with Gasteiger partial charge in [-0.1, -0.05) is 232 Å². The summed E-state index contributed by atoms with van der Waals surface area (Å²) in [6.07, 6.45) is 0. The number of nitrogens with zero attached hydrogens (tertiary/aromatic N) is 6. The molecule has 0 unspecified atom stereocenters. The Kier molecular flexibility index (Phi) is 12.7.